The zero-order valence-corrected chi connectivity index (χ0v) is 52.2. The van der Waals surface area contributed by atoms with Gasteiger partial charge >= 0.3 is 19.1 Å². The van der Waals surface area contributed by atoms with Crippen molar-refractivity contribution in [3.63, 3.8) is 0 Å². The molecule has 0 spiro atoms. The van der Waals surface area contributed by atoms with Crippen LogP contribution in [0.15, 0.2) is 0 Å². The summed E-state index contributed by atoms with van der Waals surface area (Å²) in [5.74, 6) is -2.36. The van der Waals surface area contributed by atoms with Gasteiger partial charge in [0.25, 0.3) is 0 Å². The summed E-state index contributed by atoms with van der Waals surface area (Å²) < 4.78 is 43.7. The number of halogens is 3. The number of carbonyl (C=O) groups excluding carboxylic acids is 4. The molecule has 6 atom stereocenters. The third kappa shape index (κ3) is 32.3. The zero-order chi connectivity index (χ0) is 38.9. The Hall–Kier alpha value is 3.57. The first-order chi connectivity index (χ1) is 24.7. The van der Waals surface area contributed by atoms with Crippen molar-refractivity contribution in [1.82, 2.24) is 26.5 Å². The summed E-state index contributed by atoms with van der Waals surface area (Å²) in [7, 11) is -0.735. The molecule has 4 amide bonds. The summed E-state index contributed by atoms with van der Waals surface area (Å²) in [6.07, 6.45) is -0.701. The minimum Gasteiger partial charge on any atom is -0.670 e. The molecule has 314 valence electrons. The van der Waals surface area contributed by atoms with Crippen LogP contribution in [0.3, 0.4) is 0 Å². The summed E-state index contributed by atoms with van der Waals surface area (Å²) in [6, 6.07) is -2.34. The van der Waals surface area contributed by atoms with E-state index in [1.54, 1.807) is 5.32 Å². The van der Waals surface area contributed by atoms with Gasteiger partial charge in [0.1, 0.15) is 18.2 Å². The maximum absolute atomic E-state index is 12.7. The summed E-state index contributed by atoms with van der Waals surface area (Å²) in [5, 5.41) is 51.0. The quantitative estimate of drug-likeness (QED) is 0.0398. The number of carbonyl (C=O) groups is 4. The molecule has 1 aliphatic heterocycles. The van der Waals surface area contributed by atoms with Gasteiger partial charge in [0.05, 0.1) is 18.1 Å². The molecule has 1 saturated heterocycles. The Balaban J connectivity index is -0.00000338. The molecular formula is C32H59Ac4BF3N6O9S-. The fraction of sp³-hybridized carbons (Fsp3) is 0.875. The average Bonchev–Trinajstić information content (AvgIpc) is 3.09. The fourth-order valence-electron chi connectivity index (χ4n) is 5.26. The van der Waals surface area contributed by atoms with E-state index in [9.17, 15) is 52.7 Å². The van der Waals surface area contributed by atoms with Crippen LogP contribution in [0.5, 0.6) is 0 Å². The van der Waals surface area contributed by atoms with Crippen LogP contribution in [-0.2, 0) is 23.9 Å². The normalized spacial score (nSPS) is 19.4. The third-order valence-electron chi connectivity index (χ3n) is 8.33. The topological polar surface area (TPSA) is 242 Å². The minimum atomic E-state index is -5.11. The summed E-state index contributed by atoms with van der Waals surface area (Å²) in [4.78, 5) is 48.0. The van der Waals surface area contributed by atoms with Crippen molar-refractivity contribution < 1.29 is 234 Å². The number of amides is 4. The van der Waals surface area contributed by atoms with E-state index in [2.05, 4.69) is 21.2 Å². The number of ether oxygens (including phenoxy) is 1. The molecular weight excluding hydrogens is 1620 g/mol. The van der Waals surface area contributed by atoms with Crippen molar-refractivity contribution >= 4 is 42.4 Å². The second-order valence-electron chi connectivity index (χ2n) is 12.9. The number of aliphatic hydroxyl groups is 3. The van der Waals surface area contributed by atoms with Crippen molar-refractivity contribution in [2.75, 3.05) is 38.5 Å². The Bertz CT molecular complexity index is 1060. The molecule has 24 heteroatoms. The van der Waals surface area contributed by atoms with Crippen molar-refractivity contribution in [2.45, 2.75) is 139 Å². The number of hydrogen-bond acceptors (Lipinski definition) is 11. The molecule has 0 saturated carbocycles. The Kier molecular flexibility index (Phi) is 47.4. The molecule has 0 aromatic carbocycles. The standard InChI is InChI=1S/C32H59BF3N6O9S.4Ac/c1-33(50)41-19-11-7-13-22(42-31(49)32(34,35)36)29(48)40-18-9-3-6-15-24(44)38-16-8-2-5-14-25(45)39-17-10-4-12-20-52-30-26(37)28(47)27(46)23(21-43)51-30;;;;/h22-23,26-28,30,37,41,43,46-47,50H,2-21H2,1H3,(H,38,44)(H,39,45)(H,40,48)(H,42,49);;;;/q-1;;;;/t22?,23?,26?,27-,28?,30-;;;;/m0..../s1. The predicted octanol–water partition coefficient (Wildman–Crippen LogP) is 1.14. The van der Waals surface area contributed by atoms with Gasteiger partial charge in [-0.1, -0.05) is 25.3 Å². The van der Waals surface area contributed by atoms with Crippen LogP contribution in [0.2, 0.25) is 6.82 Å². The number of nitrogens with one attached hydrogen (secondary N) is 6. The van der Waals surface area contributed by atoms with E-state index >= 15 is 0 Å². The molecule has 1 fully saturated rings. The molecule has 1 rings (SSSR count). The predicted molar refractivity (Wildman–Crippen MR) is 192 cm³/mol. The molecule has 15 nitrogen and oxygen atoms in total. The van der Waals surface area contributed by atoms with Crippen LogP contribution >= 0.6 is 11.8 Å². The molecule has 4 unspecified atom stereocenters. The van der Waals surface area contributed by atoms with E-state index in [1.165, 1.54) is 18.6 Å². The minimum absolute atomic E-state index is 0. The van der Waals surface area contributed by atoms with Crippen molar-refractivity contribution in [2.24, 2.45) is 0 Å². The smallest absolute Gasteiger partial charge is 0.471 e. The van der Waals surface area contributed by atoms with Gasteiger partial charge in [-0.05, 0) is 76.9 Å². The Labute approximate surface area is 477 Å². The van der Waals surface area contributed by atoms with E-state index < -0.39 is 67.5 Å². The van der Waals surface area contributed by atoms with Gasteiger partial charge in [-0.25, -0.2) is 0 Å². The van der Waals surface area contributed by atoms with E-state index in [-0.39, 0.29) is 207 Å². The van der Waals surface area contributed by atoms with Crippen LogP contribution in [0, 0.1) is 176 Å². The first-order valence-corrected chi connectivity index (χ1v) is 19.3. The van der Waals surface area contributed by atoms with E-state index in [4.69, 9.17) is 10.5 Å². The van der Waals surface area contributed by atoms with Gasteiger partial charge < -0.3 is 57.3 Å². The first kappa shape index (κ1) is 66.2. The number of unbranched alkanes of at least 4 members (excludes halogenated alkanes) is 7. The molecule has 1 aliphatic rings. The Morgan fingerprint density at radius 2 is 1.27 bits per heavy atom. The largest absolute Gasteiger partial charge is 0.670 e. The maximum Gasteiger partial charge on any atom is 0.471 e. The number of thioether (sulfide) groups is 1. The van der Waals surface area contributed by atoms with Crippen LogP contribution in [0.1, 0.15) is 89.9 Å². The Morgan fingerprint density at radius 3 is 1.77 bits per heavy atom. The molecule has 0 aromatic heterocycles. The van der Waals surface area contributed by atoms with Crippen LogP contribution in [-0.4, -0.2) is 132 Å². The number of rotatable bonds is 28. The van der Waals surface area contributed by atoms with Crippen molar-refractivity contribution in [3.8, 4) is 0 Å². The molecule has 10 N–H and O–H groups in total. The summed E-state index contributed by atoms with van der Waals surface area (Å²) >= 11 is 1.37. The first-order valence-electron chi connectivity index (χ1n) is 18.2. The van der Waals surface area contributed by atoms with Crippen LogP contribution in [0.4, 0.5) is 13.2 Å². The molecule has 0 bridgehead atoms. The van der Waals surface area contributed by atoms with Gasteiger partial charge in [0.15, 0.2) is 0 Å². The molecule has 1 heterocycles. The zero-order valence-electron chi connectivity index (χ0n) is 32.4. The van der Waals surface area contributed by atoms with E-state index in [1.807, 2.05) is 0 Å². The van der Waals surface area contributed by atoms with Gasteiger partial charge in [-0.15, -0.1) is 11.8 Å². The average molecular weight is 1680 g/mol. The van der Waals surface area contributed by atoms with Crippen molar-refractivity contribution in [1.29, 1.82) is 0 Å². The van der Waals surface area contributed by atoms with Gasteiger partial charge in [-0.3, -0.25) is 19.2 Å². The Morgan fingerprint density at radius 1 is 0.768 bits per heavy atom. The third-order valence-corrected chi connectivity index (χ3v) is 9.58. The fourth-order valence-corrected chi connectivity index (χ4v) is 6.46. The van der Waals surface area contributed by atoms with Gasteiger partial charge in [0, 0.05) is 209 Å². The second-order valence-corrected chi connectivity index (χ2v) is 14.1. The number of aliphatic hydroxyl groups excluding tert-OH is 3. The van der Waals surface area contributed by atoms with Gasteiger partial charge in [-0.2, -0.15) is 13.2 Å². The maximum atomic E-state index is 12.7. The number of hydrogen-bond donors (Lipinski definition) is 9. The molecule has 56 heavy (non-hydrogen) atoms. The molecule has 0 aliphatic carbocycles. The monoisotopic (exact) mass is 1680 g/mol. The van der Waals surface area contributed by atoms with E-state index in [0.29, 0.717) is 70.3 Å². The van der Waals surface area contributed by atoms with Crippen LogP contribution < -0.4 is 26.5 Å². The van der Waals surface area contributed by atoms with Crippen LogP contribution in [0.25, 0.3) is 5.73 Å². The summed E-state index contributed by atoms with van der Waals surface area (Å²) in [6.45, 7) is 2.72. The SMILES string of the molecule is CB(O)NCCCCC(NC(=O)C(F)(F)F)C(=O)NCCCCCC(=O)NCCCCCC(=O)NCCCCCS[C@@H]1OC(CO)[C@H](O)C(O)C1[NH-].[Ac].[Ac].[Ac].[Ac]. The summed E-state index contributed by atoms with van der Waals surface area (Å²) in [5.41, 5.74) is 7.37. The van der Waals surface area contributed by atoms with Crippen molar-refractivity contribution in [3.05, 3.63) is 5.73 Å². The number of alkyl halides is 3. The van der Waals surface area contributed by atoms with Gasteiger partial charge in [0.2, 0.25) is 17.7 Å². The van der Waals surface area contributed by atoms with E-state index in [0.717, 1.165) is 32.1 Å². The second kappa shape index (κ2) is 40.1. The molecule has 4 radical (unpaired) electrons. The molecule has 0 aromatic rings.